The van der Waals surface area contributed by atoms with Crippen LogP contribution in [0.15, 0.2) is 12.8 Å². The third-order valence-corrected chi connectivity index (χ3v) is 4.49. The summed E-state index contributed by atoms with van der Waals surface area (Å²) < 4.78 is 4.67. The topological polar surface area (TPSA) is 50.1 Å². The van der Waals surface area contributed by atoms with Crippen LogP contribution in [0.1, 0.15) is 103 Å². The van der Waals surface area contributed by atoms with Crippen LogP contribution in [0.2, 0.25) is 0 Å². The molecule has 0 saturated carbocycles. The molecule has 0 rings (SSSR count). The summed E-state index contributed by atoms with van der Waals surface area (Å²) in [5.74, 6) is -1.11. The number of esters is 1. The lowest BCUT2D eigenvalue weighted by Crippen LogP contribution is -2.13. The molecule has 0 spiro atoms. The maximum Gasteiger partial charge on any atom is 0.328 e. The summed E-state index contributed by atoms with van der Waals surface area (Å²) in [6.07, 6.45) is 20.0. The second-order valence-electron chi connectivity index (χ2n) is 6.67. The highest BCUT2D eigenvalue weighted by molar-refractivity contribution is 5.75. The van der Waals surface area contributed by atoms with Crippen LogP contribution < -0.4 is 0 Å². The summed E-state index contributed by atoms with van der Waals surface area (Å²) in [6.45, 7) is 5.60. The lowest BCUT2D eigenvalue weighted by atomic mass is 10.0. The highest BCUT2D eigenvalue weighted by Crippen LogP contribution is 2.15. The van der Waals surface area contributed by atoms with Gasteiger partial charge in [0, 0.05) is 0 Å². The fourth-order valence-corrected chi connectivity index (χ4v) is 2.94. The van der Waals surface area contributed by atoms with Crippen molar-refractivity contribution >= 4 is 5.97 Å². The van der Waals surface area contributed by atoms with Crippen molar-refractivity contribution in [2.45, 2.75) is 103 Å². The molecule has 0 amide bonds. The fraction of sp³-hybridized carbons (Fsp3) is 0.810. The van der Waals surface area contributed by atoms with Crippen LogP contribution in [0.3, 0.4) is 0 Å². The molecule has 0 radical (unpaired) electrons. The van der Waals surface area contributed by atoms with Crippen molar-refractivity contribution in [1.82, 2.24) is 0 Å². The molecule has 138 valence electrons. The number of unbranched alkanes of at least 4 members (excludes halogenated alkanes) is 13. The van der Waals surface area contributed by atoms with Gasteiger partial charge in [-0.3, -0.25) is 4.79 Å². The Labute approximate surface area is 149 Å². The Morgan fingerprint density at radius 2 is 1.33 bits per heavy atom. The molecule has 1 unspecified atom stereocenters. The summed E-state index contributed by atoms with van der Waals surface area (Å²) in [5.41, 5.74) is 0. The lowest BCUT2D eigenvalue weighted by Gasteiger charge is -2.06. The predicted octanol–water partition coefficient (Wildman–Crippen LogP) is 6.68. The molecule has 0 aromatic carbocycles. The molecule has 0 aromatic rings. The van der Waals surface area contributed by atoms with Crippen LogP contribution in [-0.4, -0.2) is 5.97 Å². The molecule has 1 atom stereocenters. The molecule has 3 nitrogen and oxygen atoms in total. The Balaban J connectivity index is 3.29. The Bertz CT molecular complexity index is 346. The fourth-order valence-electron chi connectivity index (χ4n) is 2.94. The minimum atomic E-state index is -0.639. The molecule has 0 aromatic heterocycles. The quantitative estimate of drug-likeness (QED) is 0.169. The van der Waals surface area contributed by atoms with Gasteiger partial charge in [0.25, 0.3) is 0 Å². The highest BCUT2D eigenvalue weighted by Gasteiger charge is 2.17. The average molecular weight is 336 g/mol. The summed E-state index contributed by atoms with van der Waals surface area (Å²) >= 11 is 0. The van der Waals surface area contributed by atoms with E-state index < -0.39 is 11.9 Å². The van der Waals surface area contributed by atoms with Gasteiger partial charge in [0.1, 0.15) is 5.92 Å². The van der Waals surface area contributed by atoms with Gasteiger partial charge < -0.3 is 4.74 Å². The number of hydrogen-bond donors (Lipinski definition) is 0. The molecule has 0 bridgehead atoms. The van der Waals surface area contributed by atoms with Gasteiger partial charge in [-0.25, -0.2) is 0 Å². The van der Waals surface area contributed by atoms with Crippen LogP contribution in [-0.2, 0) is 9.53 Å². The first-order valence-electron chi connectivity index (χ1n) is 9.97. The van der Waals surface area contributed by atoms with Crippen LogP contribution in [0, 0.1) is 17.2 Å². The minimum absolute atomic E-state index is 0.470. The lowest BCUT2D eigenvalue weighted by molar-refractivity contribution is -0.140. The second-order valence-corrected chi connectivity index (χ2v) is 6.67. The molecule has 0 aliphatic heterocycles. The number of ether oxygens (including phenoxy) is 1. The van der Waals surface area contributed by atoms with E-state index in [1.54, 1.807) is 0 Å². The van der Waals surface area contributed by atoms with Gasteiger partial charge in [0.15, 0.2) is 0 Å². The largest absolute Gasteiger partial charge is 0.434 e. The molecule has 0 aliphatic rings. The normalized spacial score (nSPS) is 11.7. The molecular weight excluding hydrogens is 298 g/mol. The number of nitriles is 1. The Morgan fingerprint density at radius 1 is 0.917 bits per heavy atom. The molecular formula is C21H37NO2. The summed E-state index contributed by atoms with van der Waals surface area (Å²) in [4.78, 5) is 11.4. The molecule has 0 N–H and O–H groups in total. The van der Waals surface area contributed by atoms with E-state index in [4.69, 9.17) is 5.26 Å². The van der Waals surface area contributed by atoms with Gasteiger partial charge in [-0.2, -0.15) is 5.26 Å². The molecule has 24 heavy (non-hydrogen) atoms. The van der Waals surface area contributed by atoms with Crippen molar-refractivity contribution in [3.8, 4) is 6.07 Å². The van der Waals surface area contributed by atoms with Crippen molar-refractivity contribution in [1.29, 1.82) is 5.26 Å². The van der Waals surface area contributed by atoms with E-state index in [-0.39, 0.29) is 0 Å². The van der Waals surface area contributed by atoms with Gasteiger partial charge in [-0.15, -0.1) is 0 Å². The number of nitrogens with zero attached hydrogens (tertiary/aromatic N) is 1. The first kappa shape index (κ1) is 22.7. The zero-order chi connectivity index (χ0) is 17.9. The summed E-state index contributed by atoms with van der Waals surface area (Å²) in [5, 5.41) is 8.94. The Kier molecular flexibility index (Phi) is 17.1. The van der Waals surface area contributed by atoms with Crippen LogP contribution in [0.5, 0.6) is 0 Å². The van der Waals surface area contributed by atoms with Gasteiger partial charge in [0.2, 0.25) is 0 Å². The minimum Gasteiger partial charge on any atom is -0.434 e. The second kappa shape index (κ2) is 18.0. The number of hydrogen-bond acceptors (Lipinski definition) is 3. The molecule has 3 heteroatoms. The van der Waals surface area contributed by atoms with E-state index in [2.05, 4.69) is 18.2 Å². The van der Waals surface area contributed by atoms with Crippen molar-refractivity contribution in [3.63, 3.8) is 0 Å². The van der Waals surface area contributed by atoms with Crippen LogP contribution >= 0.6 is 0 Å². The first-order chi connectivity index (χ1) is 11.8. The van der Waals surface area contributed by atoms with E-state index in [0.29, 0.717) is 6.42 Å². The summed E-state index contributed by atoms with van der Waals surface area (Å²) in [6, 6.07) is 2.01. The molecule has 0 heterocycles. The Hall–Kier alpha value is -1.30. The Morgan fingerprint density at radius 3 is 1.71 bits per heavy atom. The molecule has 0 aliphatic carbocycles. The standard InChI is InChI=1S/C21H37NO2/c1-3-5-6-7-8-9-10-11-12-13-14-15-16-17-18-20(19-22)21(23)24-4-2/h4,20H,2-3,5-18H2,1H3. The monoisotopic (exact) mass is 335 g/mol. The highest BCUT2D eigenvalue weighted by atomic mass is 16.5. The average Bonchev–Trinajstić information content (AvgIpc) is 2.58. The maximum atomic E-state index is 11.4. The van der Waals surface area contributed by atoms with E-state index in [9.17, 15) is 4.79 Å². The third-order valence-electron chi connectivity index (χ3n) is 4.49. The van der Waals surface area contributed by atoms with Crippen LogP contribution in [0.25, 0.3) is 0 Å². The molecule has 0 saturated heterocycles. The van der Waals surface area contributed by atoms with E-state index in [1.807, 2.05) is 6.07 Å². The van der Waals surface area contributed by atoms with Crippen molar-refractivity contribution in [2.24, 2.45) is 5.92 Å². The van der Waals surface area contributed by atoms with E-state index >= 15 is 0 Å². The van der Waals surface area contributed by atoms with Gasteiger partial charge in [-0.1, -0.05) is 103 Å². The van der Waals surface area contributed by atoms with E-state index in [1.165, 1.54) is 77.0 Å². The van der Waals surface area contributed by atoms with E-state index in [0.717, 1.165) is 19.1 Å². The molecule has 0 fully saturated rings. The summed E-state index contributed by atoms with van der Waals surface area (Å²) in [7, 11) is 0. The smallest absolute Gasteiger partial charge is 0.328 e. The first-order valence-corrected chi connectivity index (χ1v) is 9.97. The third kappa shape index (κ3) is 14.3. The van der Waals surface area contributed by atoms with Gasteiger partial charge in [-0.05, 0) is 6.42 Å². The predicted molar refractivity (Wildman–Crippen MR) is 100 cm³/mol. The zero-order valence-electron chi connectivity index (χ0n) is 15.7. The zero-order valence-corrected chi connectivity index (χ0v) is 15.7. The SMILES string of the molecule is C=COC(=O)C(C#N)CCCCCCCCCCCCCCCC. The van der Waals surface area contributed by atoms with Crippen LogP contribution in [0.4, 0.5) is 0 Å². The van der Waals surface area contributed by atoms with Crippen molar-refractivity contribution < 1.29 is 9.53 Å². The number of rotatable bonds is 17. The van der Waals surface area contributed by atoms with Crippen molar-refractivity contribution in [3.05, 3.63) is 12.8 Å². The van der Waals surface area contributed by atoms with Crippen molar-refractivity contribution in [2.75, 3.05) is 0 Å². The number of carbonyl (C=O) groups excluding carboxylic acids is 1. The maximum absolute atomic E-state index is 11.4. The van der Waals surface area contributed by atoms with Gasteiger partial charge >= 0.3 is 5.97 Å². The van der Waals surface area contributed by atoms with Gasteiger partial charge in [0.05, 0.1) is 12.3 Å². The number of carbonyl (C=O) groups is 1.